The molecule has 6 nitrogen and oxygen atoms in total. The molecule has 1 aliphatic heterocycles. The van der Waals surface area contributed by atoms with E-state index in [0.29, 0.717) is 31.3 Å². The fraction of sp³-hybridized carbons (Fsp3) is 0.400. The van der Waals surface area contributed by atoms with Crippen LogP contribution in [0.15, 0.2) is 22.7 Å². The minimum Gasteiger partial charge on any atom is -0.338 e. The summed E-state index contributed by atoms with van der Waals surface area (Å²) >= 11 is 5.99. The van der Waals surface area contributed by atoms with Crippen LogP contribution in [0.1, 0.15) is 28.1 Å². The van der Waals surface area contributed by atoms with Crippen molar-refractivity contribution in [3.63, 3.8) is 0 Å². The van der Waals surface area contributed by atoms with Crippen LogP contribution in [-0.2, 0) is 0 Å². The molecule has 0 saturated carbocycles. The smallest absolute Gasteiger partial charge is 0.258 e. The second-order valence-corrected chi connectivity index (χ2v) is 5.93. The molecule has 122 valence electrons. The first-order chi connectivity index (χ1) is 11.0. The summed E-state index contributed by atoms with van der Waals surface area (Å²) in [4.78, 5) is 20.5. The molecule has 1 amide bonds. The molecule has 3 rings (SSSR count). The maximum Gasteiger partial charge on any atom is 0.258 e. The molecular weight excluding hydrogens is 323 g/mol. The molecule has 2 aromatic rings. The molecule has 2 heterocycles. The van der Waals surface area contributed by atoms with E-state index in [-0.39, 0.29) is 16.6 Å². The minimum atomic E-state index is -0.619. The van der Waals surface area contributed by atoms with Crippen LogP contribution < -0.4 is 0 Å². The minimum absolute atomic E-state index is 0.0980. The summed E-state index contributed by atoms with van der Waals surface area (Å²) in [7, 11) is 1.92. The fourth-order valence-electron chi connectivity index (χ4n) is 2.63. The number of carbonyl (C=O) groups excluding carboxylic acids is 1. The average Bonchev–Trinajstić information content (AvgIpc) is 2.93. The molecule has 0 N–H and O–H groups in total. The Balaban J connectivity index is 1.85. The molecule has 1 fully saturated rings. The van der Waals surface area contributed by atoms with Crippen molar-refractivity contribution < 1.29 is 13.7 Å². The van der Waals surface area contributed by atoms with Crippen LogP contribution in [0.4, 0.5) is 4.39 Å². The van der Waals surface area contributed by atoms with Crippen molar-refractivity contribution >= 4 is 17.5 Å². The lowest BCUT2D eigenvalue weighted by molar-refractivity contribution is 0.0485. The number of rotatable bonds is 2. The zero-order chi connectivity index (χ0) is 16.6. The van der Waals surface area contributed by atoms with Crippen LogP contribution in [0.25, 0.3) is 0 Å². The zero-order valence-electron chi connectivity index (χ0n) is 12.8. The van der Waals surface area contributed by atoms with Gasteiger partial charge in [-0.15, -0.1) is 0 Å². The first kappa shape index (κ1) is 15.9. The third-order valence-corrected chi connectivity index (χ3v) is 4.26. The molecule has 1 saturated heterocycles. The molecule has 0 aliphatic carbocycles. The van der Waals surface area contributed by atoms with Gasteiger partial charge in [-0.25, -0.2) is 4.39 Å². The van der Waals surface area contributed by atoms with Gasteiger partial charge in [0, 0.05) is 19.6 Å². The summed E-state index contributed by atoms with van der Waals surface area (Å²) in [6.07, 6.45) is 0. The summed E-state index contributed by atoms with van der Waals surface area (Å²) in [6.45, 7) is 3.16. The molecule has 1 aliphatic rings. The SMILES string of the molecule is Cc1noc([C@H]2CN(C(=O)c3c(F)cccc3Cl)CCN2C)n1. The highest BCUT2D eigenvalue weighted by molar-refractivity contribution is 6.33. The van der Waals surface area contributed by atoms with Gasteiger partial charge in [0.15, 0.2) is 5.82 Å². The Morgan fingerprint density at radius 2 is 2.22 bits per heavy atom. The number of benzene rings is 1. The highest BCUT2D eigenvalue weighted by Crippen LogP contribution is 2.26. The van der Waals surface area contributed by atoms with Crippen LogP contribution >= 0.6 is 11.6 Å². The van der Waals surface area contributed by atoms with Crippen LogP contribution in [0.5, 0.6) is 0 Å². The predicted molar refractivity (Wildman–Crippen MR) is 81.7 cm³/mol. The molecule has 0 spiro atoms. The highest BCUT2D eigenvalue weighted by atomic mass is 35.5. The van der Waals surface area contributed by atoms with Gasteiger partial charge in [0.05, 0.1) is 10.6 Å². The standard InChI is InChI=1S/C15H16ClFN4O2/c1-9-18-14(23-19-9)12-8-21(7-6-20(12)2)15(22)13-10(16)4-3-5-11(13)17/h3-5,12H,6-8H2,1-2H3/t12-/m1/s1. The second kappa shape index (κ2) is 6.25. The number of piperazine rings is 1. The molecule has 0 unspecified atom stereocenters. The van der Waals surface area contributed by atoms with Crippen molar-refractivity contribution in [1.82, 2.24) is 19.9 Å². The molecule has 0 radical (unpaired) electrons. The molecule has 0 bridgehead atoms. The second-order valence-electron chi connectivity index (χ2n) is 5.52. The lowest BCUT2D eigenvalue weighted by atomic mass is 10.1. The Morgan fingerprint density at radius 3 is 2.87 bits per heavy atom. The van der Waals surface area contributed by atoms with Gasteiger partial charge in [-0.3, -0.25) is 9.69 Å². The Hall–Kier alpha value is -1.99. The molecule has 8 heteroatoms. The van der Waals surface area contributed by atoms with Gasteiger partial charge in [-0.2, -0.15) is 4.98 Å². The van der Waals surface area contributed by atoms with E-state index in [1.165, 1.54) is 18.2 Å². The van der Waals surface area contributed by atoms with E-state index in [1.807, 2.05) is 11.9 Å². The Labute approximate surface area is 137 Å². The fourth-order valence-corrected chi connectivity index (χ4v) is 2.88. The molecule has 1 atom stereocenters. The number of aryl methyl sites for hydroxylation is 1. The van der Waals surface area contributed by atoms with Gasteiger partial charge in [0.2, 0.25) is 5.89 Å². The van der Waals surface area contributed by atoms with Crippen molar-refractivity contribution in [3.05, 3.63) is 46.3 Å². The predicted octanol–water partition coefficient (Wildman–Crippen LogP) is 2.30. The number of amides is 1. The van der Waals surface area contributed by atoms with Gasteiger partial charge < -0.3 is 9.42 Å². The van der Waals surface area contributed by atoms with Gasteiger partial charge in [0.1, 0.15) is 11.9 Å². The summed E-state index contributed by atoms with van der Waals surface area (Å²) in [5.74, 6) is -0.0646. The normalized spacial score (nSPS) is 19.1. The monoisotopic (exact) mass is 338 g/mol. The number of likely N-dealkylation sites (N-methyl/N-ethyl adjacent to an activating group) is 1. The van der Waals surface area contributed by atoms with Crippen LogP contribution in [-0.4, -0.2) is 52.5 Å². The average molecular weight is 339 g/mol. The van der Waals surface area contributed by atoms with E-state index in [2.05, 4.69) is 10.1 Å². The van der Waals surface area contributed by atoms with Crippen molar-refractivity contribution in [2.24, 2.45) is 0 Å². The number of aromatic nitrogens is 2. The number of carbonyl (C=O) groups is 1. The Kier molecular flexibility index (Phi) is 4.32. The van der Waals surface area contributed by atoms with E-state index in [9.17, 15) is 9.18 Å². The van der Waals surface area contributed by atoms with Crippen LogP contribution in [0.3, 0.4) is 0 Å². The topological polar surface area (TPSA) is 62.5 Å². The molecule has 1 aromatic heterocycles. The summed E-state index contributed by atoms with van der Waals surface area (Å²) < 4.78 is 19.2. The van der Waals surface area contributed by atoms with E-state index >= 15 is 0 Å². The zero-order valence-corrected chi connectivity index (χ0v) is 13.5. The number of hydrogen-bond donors (Lipinski definition) is 0. The number of halogens is 2. The Morgan fingerprint density at radius 1 is 1.43 bits per heavy atom. The lowest BCUT2D eigenvalue weighted by Gasteiger charge is -2.37. The summed E-state index contributed by atoms with van der Waals surface area (Å²) in [6, 6.07) is 3.99. The van der Waals surface area contributed by atoms with Gasteiger partial charge in [-0.05, 0) is 26.1 Å². The van der Waals surface area contributed by atoms with E-state index in [0.717, 1.165) is 0 Å². The first-order valence-electron chi connectivity index (χ1n) is 7.21. The highest BCUT2D eigenvalue weighted by Gasteiger charge is 2.33. The molecule has 23 heavy (non-hydrogen) atoms. The lowest BCUT2D eigenvalue weighted by Crippen LogP contribution is -2.49. The summed E-state index contributed by atoms with van der Waals surface area (Å²) in [5, 5.41) is 3.90. The van der Waals surface area contributed by atoms with E-state index in [4.69, 9.17) is 16.1 Å². The maximum absolute atomic E-state index is 14.0. The Bertz CT molecular complexity index is 716. The van der Waals surface area contributed by atoms with E-state index in [1.54, 1.807) is 11.8 Å². The van der Waals surface area contributed by atoms with Crippen LogP contribution in [0.2, 0.25) is 5.02 Å². The van der Waals surface area contributed by atoms with Crippen LogP contribution in [0, 0.1) is 12.7 Å². The van der Waals surface area contributed by atoms with Gasteiger partial charge in [-0.1, -0.05) is 22.8 Å². The maximum atomic E-state index is 14.0. The number of hydrogen-bond acceptors (Lipinski definition) is 5. The van der Waals surface area contributed by atoms with E-state index < -0.39 is 11.7 Å². The third kappa shape index (κ3) is 3.07. The van der Waals surface area contributed by atoms with Crippen molar-refractivity contribution in [3.8, 4) is 0 Å². The molecule has 1 aromatic carbocycles. The largest absolute Gasteiger partial charge is 0.338 e. The van der Waals surface area contributed by atoms with Crippen molar-refractivity contribution in [2.45, 2.75) is 13.0 Å². The molecular formula is C15H16ClFN4O2. The first-order valence-corrected chi connectivity index (χ1v) is 7.59. The summed E-state index contributed by atoms with van der Waals surface area (Å²) in [5.41, 5.74) is -0.0980. The van der Waals surface area contributed by atoms with Crippen molar-refractivity contribution in [2.75, 3.05) is 26.7 Å². The quantitative estimate of drug-likeness (QED) is 0.840. The number of nitrogens with zero attached hydrogens (tertiary/aromatic N) is 4. The van der Waals surface area contributed by atoms with Gasteiger partial charge in [0.25, 0.3) is 5.91 Å². The van der Waals surface area contributed by atoms with Crippen molar-refractivity contribution in [1.29, 1.82) is 0 Å². The van der Waals surface area contributed by atoms with Gasteiger partial charge >= 0.3 is 0 Å². The third-order valence-electron chi connectivity index (χ3n) is 3.94.